The zero-order valence-electron chi connectivity index (χ0n) is 9.91. The summed E-state index contributed by atoms with van der Waals surface area (Å²) in [6.45, 7) is 3.98. The molecule has 7 heteroatoms. The van der Waals surface area contributed by atoms with E-state index in [1.54, 1.807) is 10.7 Å². The topological polar surface area (TPSA) is 43.6 Å². The number of halogens is 3. The minimum absolute atomic E-state index is 0.201. The van der Waals surface area contributed by atoms with E-state index < -0.39 is 0 Å². The van der Waals surface area contributed by atoms with Crippen LogP contribution in [-0.4, -0.2) is 19.7 Å². The van der Waals surface area contributed by atoms with E-state index in [-0.39, 0.29) is 5.15 Å². The third-order valence-corrected chi connectivity index (χ3v) is 3.37. The Hall–Kier alpha value is -0.840. The Labute approximate surface area is 120 Å². The summed E-state index contributed by atoms with van der Waals surface area (Å²) < 4.78 is 1.61. The van der Waals surface area contributed by atoms with Crippen molar-refractivity contribution in [3.8, 4) is 5.82 Å². The summed E-state index contributed by atoms with van der Waals surface area (Å²) in [4.78, 5) is 8.55. The fourth-order valence-corrected chi connectivity index (χ4v) is 2.10. The third-order valence-electron chi connectivity index (χ3n) is 2.42. The quantitative estimate of drug-likeness (QED) is 0.811. The lowest BCUT2D eigenvalue weighted by Crippen LogP contribution is -2.05. The van der Waals surface area contributed by atoms with Crippen molar-refractivity contribution >= 4 is 34.8 Å². The second-order valence-corrected chi connectivity index (χ2v) is 4.80. The standard InChI is InChI=1S/C11H11Cl3N4/c1-3-8-15-9(4-2)18(17-8)11-7(13)5-6(12)10(14)16-11/h5H,3-4H2,1-2H3. The van der Waals surface area contributed by atoms with Gasteiger partial charge in [-0.2, -0.15) is 4.68 Å². The second-order valence-electron chi connectivity index (χ2n) is 3.63. The molecule has 0 amide bonds. The van der Waals surface area contributed by atoms with E-state index in [4.69, 9.17) is 34.8 Å². The van der Waals surface area contributed by atoms with Crippen LogP contribution in [0.15, 0.2) is 6.07 Å². The molecule has 2 aromatic heterocycles. The Morgan fingerprint density at radius 1 is 1.06 bits per heavy atom. The molecule has 0 N–H and O–H groups in total. The highest BCUT2D eigenvalue weighted by molar-refractivity contribution is 6.42. The van der Waals surface area contributed by atoms with Crippen molar-refractivity contribution in [2.75, 3.05) is 0 Å². The lowest BCUT2D eigenvalue weighted by atomic mass is 10.4. The molecule has 0 atom stereocenters. The summed E-state index contributed by atoms with van der Waals surface area (Å²) in [5.74, 6) is 1.99. The predicted octanol–water partition coefficient (Wildman–Crippen LogP) is 3.75. The molecular formula is C11H11Cl3N4. The van der Waals surface area contributed by atoms with Crippen LogP contribution in [0.4, 0.5) is 0 Å². The van der Waals surface area contributed by atoms with Gasteiger partial charge in [0.25, 0.3) is 0 Å². The van der Waals surface area contributed by atoms with E-state index in [1.165, 1.54) is 0 Å². The predicted molar refractivity (Wildman–Crippen MR) is 72.9 cm³/mol. The van der Waals surface area contributed by atoms with E-state index >= 15 is 0 Å². The number of nitrogens with zero attached hydrogens (tertiary/aromatic N) is 4. The van der Waals surface area contributed by atoms with E-state index in [2.05, 4.69) is 15.1 Å². The lowest BCUT2D eigenvalue weighted by molar-refractivity contribution is 0.769. The summed E-state index contributed by atoms with van der Waals surface area (Å²) in [7, 11) is 0. The fraction of sp³-hybridized carbons (Fsp3) is 0.364. The normalized spacial score (nSPS) is 10.9. The van der Waals surface area contributed by atoms with E-state index in [1.807, 2.05) is 13.8 Å². The average molecular weight is 306 g/mol. The van der Waals surface area contributed by atoms with Crippen LogP contribution in [0.2, 0.25) is 15.2 Å². The van der Waals surface area contributed by atoms with Crippen molar-refractivity contribution < 1.29 is 0 Å². The summed E-state index contributed by atoms with van der Waals surface area (Å²) in [5, 5.41) is 5.27. The van der Waals surface area contributed by atoms with Crippen molar-refractivity contribution in [1.82, 2.24) is 19.7 Å². The van der Waals surface area contributed by atoms with Crippen LogP contribution in [0.5, 0.6) is 0 Å². The maximum absolute atomic E-state index is 6.12. The van der Waals surface area contributed by atoms with Gasteiger partial charge in [-0.05, 0) is 6.07 Å². The molecule has 0 saturated carbocycles. The van der Waals surface area contributed by atoms with Crippen LogP contribution in [0.25, 0.3) is 5.82 Å². The van der Waals surface area contributed by atoms with Gasteiger partial charge in [-0.1, -0.05) is 48.7 Å². The Bertz CT molecular complexity index is 580. The SMILES string of the molecule is CCc1nc(CC)n(-c2nc(Cl)c(Cl)cc2Cl)n1. The molecule has 96 valence electrons. The number of hydrogen-bond acceptors (Lipinski definition) is 3. The van der Waals surface area contributed by atoms with Gasteiger partial charge in [-0.3, -0.25) is 0 Å². The van der Waals surface area contributed by atoms with Crippen molar-refractivity contribution in [2.24, 2.45) is 0 Å². The van der Waals surface area contributed by atoms with Crippen molar-refractivity contribution in [1.29, 1.82) is 0 Å². The van der Waals surface area contributed by atoms with Crippen molar-refractivity contribution in [2.45, 2.75) is 26.7 Å². The first-order valence-electron chi connectivity index (χ1n) is 5.53. The molecule has 0 bridgehead atoms. The van der Waals surface area contributed by atoms with Gasteiger partial charge in [-0.15, -0.1) is 5.10 Å². The Kier molecular flexibility index (Phi) is 4.10. The molecule has 0 unspecified atom stereocenters. The first-order valence-corrected chi connectivity index (χ1v) is 6.66. The molecule has 0 spiro atoms. The maximum Gasteiger partial charge on any atom is 0.175 e. The van der Waals surface area contributed by atoms with Crippen LogP contribution < -0.4 is 0 Å². The van der Waals surface area contributed by atoms with E-state index in [0.29, 0.717) is 15.9 Å². The summed E-state index contributed by atoms with van der Waals surface area (Å²) in [6, 6.07) is 1.56. The summed E-state index contributed by atoms with van der Waals surface area (Å²) in [6.07, 6.45) is 1.48. The molecule has 0 aliphatic rings. The molecule has 2 heterocycles. The first-order chi connectivity index (χ1) is 8.56. The average Bonchev–Trinajstić information content (AvgIpc) is 2.77. The third kappa shape index (κ3) is 2.46. The number of rotatable bonds is 3. The Balaban J connectivity index is 2.60. The fourth-order valence-electron chi connectivity index (χ4n) is 1.52. The second kappa shape index (κ2) is 5.43. The molecule has 2 aromatic rings. The molecule has 0 aliphatic heterocycles. The van der Waals surface area contributed by atoms with Gasteiger partial charge in [0.1, 0.15) is 11.0 Å². The number of aryl methyl sites for hydroxylation is 2. The number of aromatic nitrogens is 4. The Morgan fingerprint density at radius 2 is 1.78 bits per heavy atom. The molecular weight excluding hydrogens is 295 g/mol. The molecule has 2 rings (SSSR count). The summed E-state index contributed by atoms with van der Waals surface area (Å²) in [5.41, 5.74) is 0. The lowest BCUT2D eigenvalue weighted by Gasteiger charge is -2.06. The number of pyridine rings is 1. The minimum atomic E-state index is 0.201. The van der Waals surface area contributed by atoms with Gasteiger partial charge in [-0.25, -0.2) is 9.97 Å². The molecule has 0 saturated heterocycles. The highest BCUT2D eigenvalue weighted by Crippen LogP contribution is 2.28. The molecule has 0 aromatic carbocycles. The van der Waals surface area contributed by atoms with Crippen molar-refractivity contribution in [3.63, 3.8) is 0 Å². The van der Waals surface area contributed by atoms with Gasteiger partial charge < -0.3 is 0 Å². The molecule has 18 heavy (non-hydrogen) atoms. The Morgan fingerprint density at radius 3 is 2.39 bits per heavy atom. The highest BCUT2D eigenvalue weighted by atomic mass is 35.5. The van der Waals surface area contributed by atoms with Crippen LogP contribution in [0, 0.1) is 0 Å². The molecule has 0 fully saturated rings. The molecule has 4 nitrogen and oxygen atoms in total. The molecule has 0 aliphatic carbocycles. The molecule has 0 radical (unpaired) electrons. The smallest absolute Gasteiger partial charge is 0.175 e. The van der Waals surface area contributed by atoms with E-state index in [0.717, 1.165) is 24.5 Å². The van der Waals surface area contributed by atoms with Crippen molar-refractivity contribution in [3.05, 3.63) is 32.9 Å². The van der Waals surface area contributed by atoms with Gasteiger partial charge in [0.15, 0.2) is 11.6 Å². The first kappa shape index (κ1) is 13.6. The van der Waals surface area contributed by atoms with Gasteiger partial charge in [0, 0.05) is 12.8 Å². The van der Waals surface area contributed by atoms with Crippen LogP contribution in [-0.2, 0) is 12.8 Å². The minimum Gasteiger partial charge on any atom is -0.216 e. The van der Waals surface area contributed by atoms with Gasteiger partial charge in [0.2, 0.25) is 0 Å². The zero-order chi connectivity index (χ0) is 13.3. The van der Waals surface area contributed by atoms with Gasteiger partial charge in [0.05, 0.1) is 10.0 Å². The summed E-state index contributed by atoms with van der Waals surface area (Å²) >= 11 is 17.9. The van der Waals surface area contributed by atoms with Crippen LogP contribution in [0.3, 0.4) is 0 Å². The monoisotopic (exact) mass is 304 g/mol. The van der Waals surface area contributed by atoms with Crippen LogP contribution in [0.1, 0.15) is 25.5 Å². The zero-order valence-corrected chi connectivity index (χ0v) is 12.2. The van der Waals surface area contributed by atoms with E-state index in [9.17, 15) is 0 Å². The highest BCUT2D eigenvalue weighted by Gasteiger charge is 2.15. The maximum atomic E-state index is 6.12. The van der Waals surface area contributed by atoms with Gasteiger partial charge >= 0.3 is 0 Å². The largest absolute Gasteiger partial charge is 0.216 e. The van der Waals surface area contributed by atoms with Crippen LogP contribution >= 0.6 is 34.8 Å². The number of hydrogen-bond donors (Lipinski definition) is 0.